The van der Waals surface area contributed by atoms with Crippen molar-refractivity contribution in [1.29, 1.82) is 0 Å². The smallest absolute Gasteiger partial charge is 0.271 e. The van der Waals surface area contributed by atoms with E-state index in [1.807, 2.05) is 0 Å². The van der Waals surface area contributed by atoms with E-state index in [9.17, 15) is 8.42 Å². The van der Waals surface area contributed by atoms with E-state index in [0.717, 1.165) is 0 Å². The molecular weight excluding hydrogens is 148 g/mol. The summed E-state index contributed by atoms with van der Waals surface area (Å²) < 4.78 is 18.4. The highest BCUT2D eigenvalue weighted by Crippen LogP contribution is 1.40. The first-order valence-electron chi connectivity index (χ1n) is 1.94. The number of aliphatic hydroxyl groups excluding tert-OH is 2. The number of hydrogen-bond donors (Lipinski definition) is 4. The molecule has 0 saturated heterocycles. The molecule has 0 saturated carbocycles. The lowest BCUT2D eigenvalue weighted by molar-refractivity contribution is 0.186. The van der Waals surface area contributed by atoms with Crippen LogP contribution < -0.4 is 10.3 Å². The Morgan fingerprint density at radius 1 is 1.11 bits per heavy atom. The molecule has 6 N–H and O–H groups in total. The van der Waals surface area contributed by atoms with E-state index >= 15 is 0 Å². The SMILES string of the molecule is NS(N)(=O)=O.OCCO. The minimum absolute atomic E-state index is 0.125. The molecule has 0 fully saturated rings. The third-order valence-corrected chi connectivity index (χ3v) is 0.1000. The summed E-state index contributed by atoms with van der Waals surface area (Å²) >= 11 is 0. The van der Waals surface area contributed by atoms with Crippen molar-refractivity contribution >= 4 is 10.2 Å². The predicted octanol–water partition coefficient (Wildman–Crippen LogP) is -2.88. The molecule has 0 atom stereocenters. The first kappa shape index (κ1) is 11.6. The molecule has 0 aromatic rings. The molecule has 7 heteroatoms. The molecule has 6 nitrogen and oxygen atoms in total. The standard InChI is InChI=1S/C2H6O2.H4N2O2S/c3-1-2-4;1-5(2,3)4/h3-4H,1-2H2;(H4,1,2,3,4). The summed E-state index contributed by atoms with van der Waals surface area (Å²) in [4.78, 5) is 0. The maximum atomic E-state index is 9.19. The Labute approximate surface area is 53.3 Å². The van der Waals surface area contributed by atoms with Gasteiger partial charge in [0.1, 0.15) is 0 Å². The fraction of sp³-hybridized carbons (Fsp3) is 1.00. The molecule has 0 bridgehead atoms. The zero-order valence-corrected chi connectivity index (χ0v) is 5.50. The van der Waals surface area contributed by atoms with Crippen molar-refractivity contribution < 1.29 is 18.6 Å². The van der Waals surface area contributed by atoms with Crippen molar-refractivity contribution in [2.24, 2.45) is 10.3 Å². The van der Waals surface area contributed by atoms with Gasteiger partial charge in [-0.2, -0.15) is 8.42 Å². The first-order valence-corrected chi connectivity index (χ1v) is 3.55. The maximum absolute atomic E-state index is 9.19. The number of rotatable bonds is 1. The fourth-order valence-electron chi connectivity index (χ4n) is 0. The average molecular weight is 158 g/mol. The Kier molecular flexibility index (Phi) is 7.61. The molecule has 0 radical (unpaired) electrons. The van der Waals surface area contributed by atoms with Gasteiger partial charge in [0.2, 0.25) is 0 Å². The van der Waals surface area contributed by atoms with Gasteiger partial charge < -0.3 is 10.2 Å². The topological polar surface area (TPSA) is 127 Å². The van der Waals surface area contributed by atoms with Crippen molar-refractivity contribution in [3.63, 3.8) is 0 Å². The van der Waals surface area contributed by atoms with Crippen LogP contribution in [-0.2, 0) is 10.2 Å². The zero-order valence-electron chi connectivity index (χ0n) is 4.69. The summed E-state index contributed by atoms with van der Waals surface area (Å²) in [6.07, 6.45) is 0. The van der Waals surface area contributed by atoms with Gasteiger partial charge in [0.15, 0.2) is 0 Å². The van der Waals surface area contributed by atoms with Crippen LogP contribution in [0.2, 0.25) is 0 Å². The number of nitrogens with two attached hydrogens (primary N) is 2. The van der Waals surface area contributed by atoms with E-state index in [0.29, 0.717) is 0 Å². The van der Waals surface area contributed by atoms with E-state index in [4.69, 9.17) is 10.2 Å². The van der Waals surface area contributed by atoms with Gasteiger partial charge in [-0.15, -0.1) is 0 Å². The average Bonchev–Trinajstić information content (AvgIpc) is 1.61. The molecule has 0 aliphatic rings. The van der Waals surface area contributed by atoms with Gasteiger partial charge in [0.25, 0.3) is 10.2 Å². The van der Waals surface area contributed by atoms with E-state index in [1.54, 1.807) is 0 Å². The zero-order chi connectivity index (χ0) is 7.91. The normalized spacial score (nSPS) is 9.78. The van der Waals surface area contributed by atoms with Crippen molar-refractivity contribution in [3.05, 3.63) is 0 Å². The molecule has 58 valence electrons. The lowest BCUT2D eigenvalue weighted by Crippen LogP contribution is -2.21. The first-order chi connectivity index (χ1) is 3.91. The molecule has 0 unspecified atom stereocenters. The monoisotopic (exact) mass is 158 g/mol. The molecule has 0 aromatic carbocycles. The van der Waals surface area contributed by atoms with Crippen LogP contribution in [0, 0.1) is 0 Å². The highest BCUT2D eigenvalue weighted by Gasteiger charge is 1.78. The second-order valence-corrected chi connectivity index (χ2v) is 2.21. The van der Waals surface area contributed by atoms with Crippen LogP contribution in [0.1, 0.15) is 0 Å². The summed E-state index contributed by atoms with van der Waals surface area (Å²) in [5, 5.41) is 23.5. The summed E-state index contributed by atoms with van der Waals surface area (Å²) in [6.45, 7) is -0.250. The molecule has 0 aliphatic heterocycles. The quantitative estimate of drug-likeness (QED) is 0.327. The second-order valence-electron chi connectivity index (χ2n) is 1.04. The number of aliphatic hydroxyl groups is 2. The van der Waals surface area contributed by atoms with Crippen LogP contribution in [0.4, 0.5) is 0 Å². The Hall–Kier alpha value is -0.210. The van der Waals surface area contributed by atoms with E-state index in [-0.39, 0.29) is 13.2 Å². The number of hydrogen-bond acceptors (Lipinski definition) is 4. The van der Waals surface area contributed by atoms with Crippen LogP contribution in [0.15, 0.2) is 0 Å². The van der Waals surface area contributed by atoms with Crippen LogP contribution in [-0.4, -0.2) is 31.8 Å². The molecule has 9 heavy (non-hydrogen) atoms. The van der Waals surface area contributed by atoms with Gasteiger partial charge >= 0.3 is 0 Å². The Morgan fingerprint density at radius 3 is 1.22 bits per heavy atom. The summed E-state index contributed by atoms with van der Waals surface area (Å²) in [5.74, 6) is 0. The molecule has 0 heterocycles. The van der Waals surface area contributed by atoms with E-state index < -0.39 is 10.2 Å². The molecule has 0 spiro atoms. The van der Waals surface area contributed by atoms with Crippen LogP contribution in [0.25, 0.3) is 0 Å². The van der Waals surface area contributed by atoms with Gasteiger partial charge in [-0.25, -0.2) is 10.3 Å². The highest BCUT2D eigenvalue weighted by molar-refractivity contribution is 7.86. The third-order valence-electron chi connectivity index (χ3n) is 0.1000. The second kappa shape index (κ2) is 5.92. The summed E-state index contributed by atoms with van der Waals surface area (Å²) in [5.41, 5.74) is 0. The molecule has 0 amide bonds. The summed E-state index contributed by atoms with van der Waals surface area (Å²) in [7, 11) is -3.67. The largest absolute Gasteiger partial charge is 0.394 e. The van der Waals surface area contributed by atoms with E-state index in [1.165, 1.54) is 0 Å². The van der Waals surface area contributed by atoms with Crippen molar-refractivity contribution in [2.45, 2.75) is 0 Å². The van der Waals surface area contributed by atoms with Gasteiger partial charge in [0, 0.05) is 0 Å². The molecule has 0 aliphatic carbocycles. The molecule has 0 aromatic heterocycles. The Balaban J connectivity index is 0. The highest BCUT2D eigenvalue weighted by atomic mass is 32.2. The maximum Gasteiger partial charge on any atom is 0.271 e. The minimum Gasteiger partial charge on any atom is -0.394 e. The Bertz CT molecular complexity index is 120. The molecule has 0 rings (SSSR count). The Morgan fingerprint density at radius 2 is 1.22 bits per heavy atom. The third kappa shape index (κ3) is 418. The predicted molar refractivity (Wildman–Crippen MR) is 31.5 cm³/mol. The van der Waals surface area contributed by atoms with Crippen molar-refractivity contribution in [3.8, 4) is 0 Å². The fourth-order valence-corrected chi connectivity index (χ4v) is 0. The van der Waals surface area contributed by atoms with Gasteiger partial charge in [0.05, 0.1) is 13.2 Å². The van der Waals surface area contributed by atoms with Gasteiger partial charge in [-0.1, -0.05) is 0 Å². The van der Waals surface area contributed by atoms with Crippen molar-refractivity contribution in [2.75, 3.05) is 13.2 Å². The minimum atomic E-state index is -3.67. The van der Waals surface area contributed by atoms with E-state index in [2.05, 4.69) is 10.3 Å². The van der Waals surface area contributed by atoms with Crippen LogP contribution in [0.3, 0.4) is 0 Å². The van der Waals surface area contributed by atoms with Crippen molar-refractivity contribution in [1.82, 2.24) is 0 Å². The van der Waals surface area contributed by atoms with Gasteiger partial charge in [-0.05, 0) is 0 Å². The lowest BCUT2D eigenvalue weighted by Gasteiger charge is -1.72. The van der Waals surface area contributed by atoms with Crippen LogP contribution in [0.5, 0.6) is 0 Å². The molecular formula is C2H10N2O4S. The summed E-state index contributed by atoms with van der Waals surface area (Å²) in [6, 6.07) is 0. The van der Waals surface area contributed by atoms with Crippen LogP contribution >= 0.6 is 0 Å². The lowest BCUT2D eigenvalue weighted by atomic mass is 10.8. The van der Waals surface area contributed by atoms with Gasteiger partial charge in [-0.3, -0.25) is 0 Å².